The molecule has 0 spiro atoms. The predicted octanol–water partition coefficient (Wildman–Crippen LogP) is 6.37. The van der Waals surface area contributed by atoms with Crippen LogP contribution >= 0.6 is 27.5 Å². The van der Waals surface area contributed by atoms with E-state index in [-0.39, 0.29) is 10.0 Å². The Hall–Kier alpha value is -0.150. The van der Waals surface area contributed by atoms with E-state index in [1.165, 1.54) is 38.2 Å². The molecule has 2 rings (SSSR count). The van der Waals surface area contributed by atoms with Gasteiger partial charge in [0.1, 0.15) is 11.6 Å². The minimum atomic E-state index is -0.459. The molecule has 4 heteroatoms. The van der Waals surface area contributed by atoms with E-state index in [0.29, 0.717) is 12.3 Å². The van der Waals surface area contributed by atoms with Crippen molar-refractivity contribution in [3.8, 4) is 0 Å². The second kappa shape index (κ2) is 7.03. The van der Waals surface area contributed by atoms with Gasteiger partial charge < -0.3 is 0 Å². The minimum absolute atomic E-state index is 0.143. The Morgan fingerprint density at radius 1 is 1.16 bits per heavy atom. The molecule has 1 atom stereocenters. The van der Waals surface area contributed by atoms with E-state index in [1.807, 2.05) is 0 Å². The Morgan fingerprint density at radius 2 is 1.84 bits per heavy atom. The molecule has 1 aromatic carbocycles. The highest BCUT2D eigenvalue weighted by Gasteiger charge is 2.19. The van der Waals surface area contributed by atoms with Gasteiger partial charge in [0.05, 0.1) is 9.85 Å². The van der Waals surface area contributed by atoms with Gasteiger partial charge in [0, 0.05) is 5.56 Å². The summed E-state index contributed by atoms with van der Waals surface area (Å²) in [6.07, 6.45) is 8.13. The zero-order valence-corrected chi connectivity index (χ0v) is 13.1. The molecular formula is C15H18BrClF2. The molecule has 19 heavy (non-hydrogen) atoms. The fraction of sp³-hybridized carbons (Fsp3) is 0.600. The molecule has 0 saturated heterocycles. The van der Waals surface area contributed by atoms with Gasteiger partial charge in [-0.2, -0.15) is 0 Å². The number of alkyl halides is 1. The van der Waals surface area contributed by atoms with Crippen molar-refractivity contribution in [2.24, 2.45) is 5.92 Å². The van der Waals surface area contributed by atoms with Crippen molar-refractivity contribution >= 4 is 27.5 Å². The lowest BCUT2D eigenvalue weighted by Crippen LogP contribution is -2.07. The summed E-state index contributed by atoms with van der Waals surface area (Å²) in [7, 11) is 0. The molecule has 1 saturated carbocycles. The van der Waals surface area contributed by atoms with Crippen LogP contribution in [0, 0.1) is 17.6 Å². The average molecular weight is 352 g/mol. The van der Waals surface area contributed by atoms with Gasteiger partial charge in [-0.25, -0.2) is 8.78 Å². The molecule has 0 amide bonds. The predicted molar refractivity (Wildman–Crippen MR) is 78.5 cm³/mol. The third kappa shape index (κ3) is 4.16. The van der Waals surface area contributed by atoms with E-state index in [2.05, 4.69) is 15.9 Å². The Labute approximate surface area is 126 Å². The summed E-state index contributed by atoms with van der Waals surface area (Å²) >= 11 is 9.21. The topological polar surface area (TPSA) is 0 Å². The van der Waals surface area contributed by atoms with Crippen LogP contribution in [-0.4, -0.2) is 0 Å². The van der Waals surface area contributed by atoms with Crippen LogP contribution in [0.3, 0.4) is 0 Å². The number of hydrogen-bond donors (Lipinski definition) is 0. The van der Waals surface area contributed by atoms with E-state index in [1.54, 1.807) is 0 Å². The van der Waals surface area contributed by atoms with E-state index >= 15 is 0 Å². The molecule has 1 aromatic rings. The summed E-state index contributed by atoms with van der Waals surface area (Å²) in [5.74, 6) is -0.185. The van der Waals surface area contributed by atoms with Gasteiger partial charge in [-0.05, 0) is 46.8 Å². The molecule has 1 aliphatic rings. The fourth-order valence-corrected chi connectivity index (χ4v) is 3.40. The smallest absolute Gasteiger partial charge is 0.137 e. The number of halogens is 4. The standard InChI is InChI=1S/C15H18BrClF2/c16-12-9-14(18)11(8-15(12)19)13(17)7-6-10-4-2-1-3-5-10/h8-10,13H,1-7H2. The second-order valence-corrected chi connectivity index (χ2v) is 6.72. The van der Waals surface area contributed by atoms with Crippen molar-refractivity contribution in [3.63, 3.8) is 0 Å². The van der Waals surface area contributed by atoms with E-state index in [9.17, 15) is 8.78 Å². The molecule has 0 N–H and O–H groups in total. The van der Waals surface area contributed by atoms with E-state index in [0.717, 1.165) is 12.5 Å². The Kier molecular flexibility index (Phi) is 5.64. The average Bonchev–Trinajstić information content (AvgIpc) is 2.41. The molecule has 0 aromatic heterocycles. The first-order valence-electron chi connectivity index (χ1n) is 6.86. The monoisotopic (exact) mass is 350 g/mol. The zero-order valence-electron chi connectivity index (χ0n) is 10.8. The first kappa shape index (κ1) is 15.2. The van der Waals surface area contributed by atoms with Crippen LogP contribution in [0.15, 0.2) is 16.6 Å². The summed E-state index contributed by atoms with van der Waals surface area (Å²) < 4.78 is 27.4. The largest absolute Gasteiger partial charge is 0.207 e. The molecule has 1 aliphatic carbocycles. The van der Waals surface area contributed by atoms with Gasteiger partial charge in [0.2, 0.25) is 0 Å². The quantitative estimate of drug-likeness (QED) is 0.437. The van der Waals surface area contributed by atoms with Crippen molar-refractivity contribution in [3.05, 3.63) is 33.8 Å². The first-order chi connectivity index (χ1) is 9.08. The van der Waals surface area contributed by atoms with Gasteiger partial charge in [0.15, 0.2) is 0 Å². The van der Waals surface area contributed by atoms with Gasteiger partial charge in [0.25, 0.3) is 0 Å². The summed E-state index contributed by atoms with van der Waals surface area (Å²) in [6.45, 7) is 0. The van der Waals surface area contributed by atoms with Crippen LogP contribution in [0.5, 0.6) is 0 Å². The van der Waals surface area contributed by atoms with Crippen molar-refractivity contribution in [2.45, 2.75) is 50.3 Å². The molecular weight excluding hydrogens is 334 g/mol. The summed E-state index contributed by atoms with van der Waals surface area (Å²) in [4.78, 5) is 0. The summed E-state index contributed by atoms with van der Waals surface area (Å²) in [5.41, 5.74) is 0.276. The van der Waals surface area contributed by atoms with Gasteiger partial charge in [-0.15, -0.1) is 11.6 Å². The SMILES string of the molecule is Fc1cc(C(Cl)CCC2CCCCC2)c(F)cc1Br. The number of hydrogen-bond acceptors (Lipinski definition) is 0. The van der Waals surface area contributed by atoms with E-state index < -0.39 is 17.0 Å². The second-order valence-electron chi connectivity index (χ2n) is 5.34. The van der Waals surface area contributed by atoms with Crippen LogP contribution in [0.25, 0.3) is 0 Å². The third-order valence-electron chi connectivity index (χ3n) is 3.93. The summed E-state index contributed by atoms with van der Waals surface area (Å²) in [6, 6.07) is 2.36. The van der Waals surface area contributed by atoms with Crippen molar-refractivity contribution in [2.75, 3.05) is 0 Å². The molecule has 0 bridgehead atoms. The lowest BCUT2D eigenvalue weighted by atomic mass is 9.85. The van der Waals surface area contributed by atoms with Crippen molar-refractivity contribution in [1.29, 1.82) is 0 Å². The summed E-state index contributed by atoms with van der Waals surface area (Å²) in [5, 5.41) is -0.440. The van der Waals surface area contributed by atoms with Crippen LogP contribution in [0.2, 0.25) is 0 Å². The Bertz CT molecular complexity index is 430. The fourth-order valence-electron chi connectivity index (χ4n) is 2.79. The van der Waals surface area contributed by atoms with Crippen molar-refractivity contribution < 1.29 is 8.78 Å². The van der Waals surface area contributed by atoms with E-state index in [4.69, 9.17) is 11.6 Å². The Morgan fingerprint density at radius 3 is 2.53 bits per heavy atom. The highest BCUT2D eigenvalue weighted by molar-refractivity contribution is 9.10. The molecule has 0 heterocycles. The molecule has 0 nitrogen and oxygen atoms in total. The van der Waals surface area contributed by atoms with Gasteiger partial charge in [-0.1, -0.05) is 32.1 Å². The molecule has 0 aliphatic heterocycles. The van der Waals surface area contributed by atoms with Crippen LogP contribution < -0.4 is 0 Å². The molecule has 1 fully saturated rings. The molecule has 1 unspecified atom stereocenters. The lowest BCUT2D eigenvalue weighted by molar-refractivity contribution is 0.330. The maximum Gasteiger partial charge on any atom is 0.137 e. The van der Waals surface area contributed by atoms with Crippen molar-refractivity contribution in [1.82, 2.24) is 0 Å². The first-order valence-corrected chi connectivity index (χ1v) is 8.09. The highest BCUT2D eigenvalue weighted by Crippen LogP contribution is 2.35. The number of rotatable bonds is 4. The number of benzene rings is 1. The van der Waals surface area contributed by atoms with Crippen LogP contribution in [0.4, 0.5) is 8.78 Å². The van der Waals surface area contributed by atoms with Crippen LogP contribution in [0.1, 0.15) is 55.9 Å². The zero-order chi connectivity index (χ0) is 13.8. The highest BCUT2D eigenvalue weighted by atomic mass is 79.9. The third-order valence-corrected chi connectivity index (χ3v) is 4.99. The van der Waals surface area contributed by atoms with Gasteiger partial charge >= 0.3 is 0 Å². The van der Waals surface area contributed by atoms with Gasteiger partial charge in [-0.3, -0.25) is 0 Å². The Balaban J connectivity index is 1.95. The minimum Gasteiger partial charge on any atom is -0.207 e. The maximum absolute atomic E-state index is 13.8. The maximum atomic E-state index is 13.8. The molecule has 106 valence electrons. The van der Waals surface area contributed by atoms with Crippen LogP contribution in [-0.2, 0) is 0 Å². The molecule has 0 radical (unpaired) electrons. The normalized spacial score (nSPS) is 18.5. The lowest BCUT2D eigenvalue weighted by Gasteiger charge is -2.22.